The molecule has 6 heteroatoms. The number of aromatic nitrogens is 2. The van der Waals surface area contributed by atoms with Gasteiger partial charge in [0, 0.05) is 18.1 Å². The van der Waals surface area contributed by atoms with E-state index in [0.717, 1.165) is 24.5 Å². The molecule has 1 atom stereocenters. The van der Waals surface area contributed by atoms with E-state index in [9.17, 15) is 4.79 Å². The Bertz CT molecular complexity index is 683. The predicted molar refractivity (Wildman–Crippen MR) is 92.0 cm³/mol. The lowest BCUT2D eigenvalue weighted by Gasteiger charge is -2.17. The molecule has 1 saturated heterocycles. The highest BCUT2D eigenvalue weighted by molar-refractivity contribution is 6.30. The molecule has 3 rings (SSSR count). The van der Waals surface area contributed by atoms with Crippen molar-refractivity contribution in [2.24, 2.45) is 0 Å². The zero-order valence-corrected chi connectivity index (χ0v) is 13.8. The second kappa shape index (κ2) is 6.96. The van der Waals surface area contributed by atoms with E-state index >= 15 is 0 Å². The van der Waals surface area contributed by atoms with Crippen molar-refractivity contribution in [3.05, 3.63) is 47.2 Å². The fourth-order valence-corrected chi connectivity index (χ4v) is 2.78. The van der Waals surface area contributed by atoms with Gasteiger partial charge < -0.3 is 10.2 Å². The van der Waals surface area contributed by atoms with Gasteiger partial charge in [-0.05, 0) is 37.5 Å². The van der Waals surface area contributed by atoms with Gasteiger partial charge in [0.15, 0.2) is 5.82 Å². The minimum Gasteiger partial charge on any atom is -0.355 e. The predicted octanol–water partition coefficient (Wildman–Crippen LogP) is 3.47. The summed E-state index contributed by atoms with van der Waals surface area (Å²) in [5.74, 6) is 0.907. The number of carbonyl (C=O) groups excluding carboxylic acids is 1. The molecule has 2 heterocycles. The summed E-state index contributed by atoms with van der Waals surface area (Å²) >= 11 is 5.88. The number of anilines is 2. The largest absolute Gasteiger partial charge is 0.355 e. The lowest BCUT2D eigenvalue weighted by Crippen LogP contribution is -2.22. The summed E-state index contributed by atoms with van der Waals surface area (Å²) in [6, 6.07) is 7.29. The number of rotatable bonds is 4. The van der Waals surface area contributed by atoms with Crippen LogP contribution >= 0.6 is 11.6 Å². The van der Waals surface area contributed by atoms with Gasteiger partial charge in [-0.3, -0.25) is 9.78 Å². The molecule has 0 spiro atoms. The van der Waals surface area contributed by atoms with Gasteiger partial charge in [0.1, 0.15) is 5.82 Å². The zero-order chi connectivity index (χ0) is 16.2. The van der Waals surface area contributed by atoms with E-state index < -0.39 is 0 Å². The van der Waals surface area contributed by atoms with Crippen molar-refractivity contribution in [3.8, 4) is 0 Å². The third-order valence-electron chi connectivity index (χ3n) is 4.07. The number of nitrogens with one attached hydrogen (secondary N) is 1. The van der Waals surface area contributed by atoms with Gasteiger partial charge in [0.2, 0.25) is 5.91 Å². The van der Waals surface area contributed by atoms with Crippen LogP contribution in [0.15, 0.2) is 36.7 Å². The fourth-order valence-electron chi connectivity index (χ4n) is 2.65. The maximum atomic E-state index is 12.4. The van der Waals surface area contributed by atoms with Crippen molar-refractivity contribution in [2.75, 3.05) is 23.3 Å². The van der Waals surface area contributed by atoms with Crippen molar-refractivity contribution in [2.45, 2.75) is 25.7 Å². The Morgan fingerprint density at radius 3 is 2.61 bits per heavy atom. The molecule has 0 bridgehead atoms. The standard InChI is InChI=1S/C17H19ClN4O/c1-12(13-4-6-14(18)7-5-13)17(23)21-15-10-19-11-16(20-15)22-8-2-3-9-22/h4-7,10-12H,2-3,8-9H2,1H3,(H,20,21,23). The average Bonchev–Trinajstić information content (AvgIpc) is 3.10. The van der Waals surface area contributed by atoms with E-state index in [2.05, 4.69) is 20.2 Å². The molecule has 5 nitrogen and oxygen atoms in total. The Labute approximate surface area is 140 Å². The molecule has 1 fully saturated rings. The molecule has 1 aliphatic heterocycles. The van der Waals surface area contributed by atoms with Crippen molar-refractivity contribution < 1.29 is 4.79 Å². The second-order valence-electron chi connectivity index (χ2n) is 5.72. The zero-order valence-electron chi connectivity index (χ0n) is 13.0. The molecule has 1 unspecified atom stereocenters. The Balaban J connectivity index is 1.69. The van der Waals surface area contributed by atoms with Crippen LogP contribution in [0.3, 0.4) is 0 Å². The van der Waals surface area contributed by atoms with Crippen molar-refractivity contribution >= 4 is 29.1 Å². The fraction of sp³-hybridized carbons (Fsp3) is 0.353. The molecule has 23 heavy (non-hydrogen) atoms. The van der Waals surface area contributed by atoms with Gasteiger partial charge in [-0.2, -0.15) is 0 Å². The van der Waals surface area contributed by atoms with Crippen LogP contribution in [0.5, 0.6) is 0 Å². The van der Waals surface area contributed by atoms with Crippen LogP contribution in [-0.2, 0) is 4.79 Å². The van der Waals surface area contributed by atoms with Crippen LogP contribution in [0.1, 0.15) is 31.2 Å². The lowest BCUT2D eigenvalue weighted by molar-refractivity contribution is -0.117. The van der Waals surface area contributed by atoms with Gasteiger partial charge in [0.05, 0.1) is 18.3 Å². The number of benzene rings is 1. The molecule has 0 saturated carbocycles. The Hall–Kier alpha value is -2.14. The number of carbonyl (C=O) groups is 1. The third-order valence-corrected chi connectivity index (χ3v) is 4.32. The first-order chi connectivity index (χ1) is 11.1. The molecule has 1 amide bonds. The molecule has 1 aliphatic rings. The Morgan fingerprint density at radius 1 is 1.22 bits per heavy atom. The summed E-state index contributed by atoms with van der Waals surface area (Å²) in [7, 11) is 0. The monoisotopic (exact) mass is 330 g/mol. The summed E-state index contributed by atoms with van der Waals surface area (Å²) in [5.41, 5.74) is 0.913. The summed E-state index contributed by atoms with van der Waals surface area (Å²) in [5, 5.41) is 3.50. The minimum atomic E-state index is -0.287. The molecule has 1 aromatic heterocycles. The van der Waals surface area contributed by atoms with E-state index in [1.165, 1.54) is 12.8 Å². The van der Waals surface area contributed by atoms with E-state index in [0.29, 0.717) is 10.8 Å². The molecule has 120 valence electrons. The lowest BCUT2D eigenvalue weighted by atomic mass is 10.0. The first-order valence-electron chi connectivity index (χ1n) is 7.77. The second-order valence-corrected chi connectivity index (χ2v) is 6.16. The summed E-state index contributed by atoms with van der Waals surface area (Å²) in [4.78, 5) is 23.3. The maximum Gasteiger partial charge on any atom is 0.232 e. The van der Waals surface area contributed by atoms with Gasteiger partial charge in [-0.1, -0.05) is 23.7 Å². The Morgan fingerprint density at radius 2 is 1.91 bits per heavy atom. The summed E-state index contributed by atoms with van der Waals surface area (Å²) < 4.78 is 0. The van der Waals surface area contributed by atoms with Crippen molar-refractivity contribution in [3.63, 3.8) is 0 Å². The first-order valence-corrected chi connectivity index (χ1v) is 8.14. The highest BCUT2D eigenvalue weighted by Crippen LogP contribution is 2.21. The molecule has 0 radical (unpaired) electrons. The molecule has 2 aromatic rings. The molecule has 1 N–H and O–H groups in total. The average molecular weight is 331 g/mol. The highest BCUT2D eigenvalue weighted by atomic mass is 35.5. The van der Waals surface area contributed by atoms with Crippen LogP contribution in [0.2, 0.25) is 5.02 Å². The smallest absolute Gasteiger partial charge is 0.232 e. The quantitative estimate of drug-likeness (QED) is 0.932. The van der Waals surface area contributed by atoms with Crippen LogP contribution < -0.4 is 10.2 Å². The number of amides is 1. The Kier molecular flexibility index (Phi) is 4.76. The van der Waals surface area contributed by atoms with Crippen LogP contribution in [0, 0.1) is 0 Å². The van der Waals surface area contributed by atoms with Crippen LogP contribution in [-0.4, -0.2) is 29.0 Å². The van der Waals surface area contributed by atoms with Crippen molar-refractivity contribution in [1.82, 2.24) is 9.97 Å². The van der Waals surface area contributed by atoms with Gasteiger partial charge in [-0.25, -0.2) is 4.98 Å². The summed E-state index contributed by atoms with van der Waals surface area (Å²) in [6.07, 6.45) is 5.66. The minimum absolute atomic E-state index is 0.111. The van der Waals surface area contributed by atoms with E-state index in [1.807, 2.05) is 19.1 Å². The van der Waals surface area contributed by atoms with E-state index in [1.54, 1.807) is 24.5 Å². The van der Waals surface area contributed by atoms with Crippen LogP contribution in [0.25, 0.3) is 0 Å². The molecule has 1 aromatic carbocycles. The van der Waals surface area contributed by atoms with Crippen molar-refractivity contribution in [1.29, 1.82) is 0 Å². The number of halogens is 1. The van der Waals surface area contributed by atoms with Gasteiger partial charge >= 0.3 is 0 Å². The molecular weight excluding hydrogens is 312 g/mol. The van der Waals surface area contributed by atoms with Gasteiger partial charge in [-0.15, -0.1) is 0 Å². The number of hydrogen-bond acceptors (Lipinski definition) is 4. The normalized spacial score (nSPS) is 15.5. The maximum absolute atomic E-state index is 12.4. The van der Waals surface area contributed by atoms with Gasteiger partial charge in [0.25, 0.3) is 0 Å². The number of nitrogens with zero attached hydrogens (tertiary/aromatic N) is 3. The van der Waals surface area contributed by atoms with E-state index in [-0.39, 0.29) is 11.8 Å². The molecule has 0 aliphatic carbocycles. The number of hydrogen-bond donors (Lipinski definition) is 1. The summed E-state index contributed by atoms with van der Waals surface area (Å²) in [6.45, 7) is 3.84. The highest BCUT2D eigenvalue weighted by Gasteiger charge is 2.18. The topological polar surface area (TPSA) is 58.1 Å². The first kappa shape index (κ1) is 15.7. The molecular formula is C17H19ClN4O. The third kappa shape index (κ3) is 3.79. The van der Waals surface area contributed by atoms with E-state index in [4.69, 9.17) is 11.6 Å². The SMILES string of the molecule is CC(C(=O)Nc1cncc(N2CCCC2)n1)c1ccc(Cl)cc1. The van der Waals surface area contributed by atoms with Crippen LogP contribution in [0.4, 0.5) is 11.6 Å².